The van der Waals surface area contributed by atoms with Crippen LogP contribution < -0.4 is 11.2 Å². The van der Waals surface area contributed by atoms with Crippen molar-refractivity contribution in [3.05, 3.63) is 68.3 Å². The minimum Gasteiger partial charge on any atom is -0.329 e. The van der Waals surface area contributed by atoms with Crippen LogP contribution in [0.25, 0.3) is 11.0 Å². The van der Waals surface area contributed by atoms with Gasteiger partial charge < -0.3 is 4.90 Å². The predicted octanol–water partition coefficient (Wildman–Crippen LogP) is 2.02. The number of carbonyl (C=O) groups excluding carboxylic acids is 1. The van der Waals surface area contributed by atoms with Gasteiger partial charge in [-0.3, -0.25) is 23.7 Å². The molecule has 0 bridgehead atoms. The Morgan fingerprint density at radius 2 is 1.90 bits per heavy atom. The number of nitrogens with zero attached hydrogens (tertiary/aromatic N) is 5. The van der Waals surface area contributed by atoms with Crippen LogP contribution in [0.15, 0.2) is 40.1 Å². The van der Waals surface area contributed by atoms with Gasteiger partial charge in [0, 0.05) is 26.8 Å². The number of aryl methyl sites for hydroxylation is 1. The van der Waals surface area contributed by atoms with Crippen LogP contribution in [-0.2, 0) is 20.3 Å². The molecule has 4 heterocycles. The lowest BCUT2D eigenvalue weighted by molar-refractivity contribution is -0.136. The van der Waals surface area contributed by atoms with Gasteiger partial charge in [0.25, 0.3) is 11.5 Å². The quantitative estimate of drug-likeness (QED) is 0.617. The number of alkyl halides is 3. The number of hydrogen-bond donors (Lipinski definition) is 0. The Morgan fingerprint density at radius 1 is 1.16 bits per heavy atom. The van der Waals surface area contributed by atoms with E-state index in [9.17, 15) is 27.6 Å². The Bertz CT molecular complexity index is 1300. The second kappa shape index (κ2) is 7.33. The van der Waals surface area contributed by atoms with Gasteiger partial charge in [-0.15, -0.1) is 0 Å². The molecule has 1 amide bonds. The van der Waals surface area contributed by atoms with Crippen LogP contribution >= 0.6 is 0 Å². The Labute approximate surface area is 173 Å². The first kappa shape index (κ1) is 20.8. The van der Waals surface area contributed by atoms with Crippen LogP contribution in [0.1, 0.15) is 40.6 Å². The van der Waals surface area contributed by atoms with Gasteiger partial charge in [-0.2, -0.15) is 13.2 Å². The Hall–Kier alpha value is -3.50. The van der Waals surface area contributed by atoms with Crippen LogP contribution in [0.4, 0.5) is 13.2 Å². The summed E-state index contributed by atoms with van der Waals surface area (Å²) in [6.45, 7) is 0.330. The second-order valence-corrected chi connectivity index (χ2v) is 7.37. The molecule has 0 radical (unpaired) electrons. The topological polar surface area (TPSA) is 90.1 Å². The minimum absolute atomic E-state index is 0.0233. The Morgan fingerprint density at radius 3 is 2.55 bits per heavy atom. The summed E-state index contributed by atoms with van der Waals surface area (Å²) in [5, 5.41) is -0.679. The number of fused-ring (bicyclic) bond motifs is 1. The normalized spacial score (nSPS) is 16.8. The van der Waals surface area contributed by atoms with Crippen molar-refractivity contribution in [2.75, 3.05) is 6.54 Å². The van der Waals surface area contributed by atoms with Crippen molar-refractivity contribution >= 4 is 16.9 Å². The standard InChI is InChI=1S/C20H18F3N5O3/c1-26-16-15(18(30)27(2)19(26)31)11(20(21,22)23)10-13(25-16)14-7-5-9-28(14)17(29)12-6-3-4-8-24-12/h3-4,6,8,10,14H,5,7,9H2,1-2H3/t14-/m0/s1. The zero-order valence-electron chi connectivity index (χ0n) is 16.7. The largest absolute Gasteiger partial charge is 0.417 e. The monoisotopic (exact) mass is 433 g/mol. The molecule has 11 heteroatoms. The fourth-order valence-electron chi connectivity index (χ4n) is 3.92. The van der Waals surface area contributed by atoms with Crippen molar-refractivity contribution < 1.29 is 18.0 Å². The van der Waals surface area contributed by atoms with Crippen LogP contribution in [0.2, 0.25) is 0 Å². The molecule has 0 unspecified atom stereocenters. The molecule has 3 aromatic rings. The maximum Gasteiger partial charge on any atom is 0.417 e. The summed E-state index contributed by atoms with van der Waals surface area (Å²) in [6.07, 6.45) is -2.43. The summed E-state index contributed by atoms with van der Waals surface area (Å²) in [7, 11) is 2.37. The fourth-order valence-corrected chi connectivity index (χ4v) is 3.92. The maximum atomic E-state index is 13.9. The molecule has 0 spiro atoms. The third kappa shape index (κ3) is 3.39. The summed E-state index contributed by atoms with van der Waals surface area (Å²) in [5.74, 6) is -0.420. The van der Waals surface area contributed by atoms with Crippen LogP contribution in [0.5, 0.6) is 0 Å². The Balaban J connectivity index is 1.93. The van der Waals surface area contributed by atoms with E-state index < -0.39 is 40.3 Å². The molecule has 0 aromatic carbocycles. The van der Waals surface area contributed by atoms with Crippen LogP contribution in [0, 0.1) is 0 Å². The molecule has 1 aliphatic heterocycles. The molecule has 1 atom stereocenters. The molecule has 0 saturated carbocycles. The number of amides is 1. The van der Waals surface area contributed by atoms with E-state index >= 15 is 0 Å². The number of pyridine rings is 2. The molecule has 1 fully saturated rings. The van der Waals surface area contributed by atoms with Crippen molar-refractivity contribution in [2.45, 2.75) is 25.1 Å². The molecule has 3 aromatic heterocycles. The highest BCUT2D eigenvalue weighted by Crippen LogP contribution is 2.38. The molecule has 1 aliphatic rings. The summed E-state index contributed by atoms with van der Waals surface area (Å²) in [5.41, 5.74) is -3.26. The average molecular weight is 433 g/mol. The summed E-state index contributed by atoms with van der Waals surface area (Å²) in [4.78, 5) is 47.4. The summed E-state index contributed by atoms with van der Waals surface area (Å²) >= 11 is 0. The smallest absolute Gasteiger partial charge is 0.329 e. The summed E-state index contributed by atoms with van der Waals surface area (Å²) in [6, 6.07) is 4.90. The molecule has 31 heavy (non-hydrogen) atoms. The Kier molecular flexibility index (Phi) is 4.91. The van der Waals surface area contributed by atoms with Crippen molar-refractivity contribution in [1.82, 2.24) is 24.0 Å². The molecule has 162 valence electrons. The highest BCUT2D eigenvalue weighted by atomic mass is 19.4. The molecule has 4 rings (SSSR count). The minimum atomic E-state index is -4.85. The number of carbonyl (C=O) groups is 1. The van der Waals surface area contributed by atoms with E-state index in [1.54, 1.807) is 12.1 Å². The van der Waals surface area contributed by atoms with Crippen LogP contribution in [-0.4, -0.2) is 36.5 Å². The third-order valence-corrected chi connectivity index (χ3v) is 5.47. The number of rotatable bonds is 2. The zero-order chi connectivity index (χ0) is 22.5. The molecule has 1 saturated heterocycles. The lowest BCUT2D eigenvalue weighted by Crippen LogP contribution is -2.39. The van der Waals surface area contributed by atoms with Crippen LogP contribution in [0.3, 0.4) is 0 Å². The van der Waals surface area contributed by atoms with Crippen molar-refractivity contribution in [1.29, 1.82) is 0 Å². The lowest BCUT2D eigenvalue weighted by atomic mass is 10.0. The third-order valence-electron chi connectivity index (χ3n) is 5.47. The second-order valence-electron chi connectivity index (χ2n) is 7.37. The van der Waals surface area contributed by atoms with Crippen molar-refractivity contribution in [3.8, 4) is 0 Å². The van der Waals surface area contributed by atoms with Gasteiger partial charge in [0.2, 0.25) is 0 Å². The molecule has 8 nitrogen and oxygen atoms in total. The highest BCUT2D eigenvalue weighted by molar-refractivity contribution is 5.92. The van der Waals surface area contributed by atoms with E-state index in [0.29, 0.717) is 24.0 Å². The first-order valence-electron chi connectivity index (χ1n) is 9.51. The van der Waals surface area contributed by atoms with E-state index in [2.05, 4.69) is 9.97 Å². The molecular weight excluding hydrogens is 415 g/mol. The van der Waals surface area contributed by atoms with Crippen molar-refractivity contribution in [2.24, 2.45) is 14.1 Å². The molecular formula is C20H18F3N5O3. The van der Waals surface area contributed by atoms with Crippen molar-refractivity contribution in [3.63, 3.8) is 0 Å². The first-order valence-corrected chi connectivity index (χ1v) is 9.51. The lowest BCUT2D eigenvalue weighted by Gasteiger charge is -2.25. The van der Waals surface area contributed by atoms with Gasteiger partial charge in [-0.1, -0.05) is 6.07 Å². The van der Waals surface area contributed by atoms with E-state index in [1.807, 2.05) is 0 Å². The van der Waals surface area contributed by atoms with E-state index in [1.165, 1.54) is 24.2 Å². The number of halogens is 3. The van der Waals surface area contributed by atoms with Gasteiger partial charge in [-0.25, -0.2) is 9.78 Å². The maximum absolute atomic E-state index is 13.9. The van der Waals surface area contributed by atoms with Gasteiger partial charge in [0.05, 0.1) is 22.7 Å². The summed E-state index contributed by atoms with van der Waals surface area (Å²) < 4.78 is 43.2. The first-order chi connectivity index (χ1) is 14.6. The number of hydrogen-bond acceptors (Lipinski definition) is 5. The highest BCUT2D eigenvalue weighted by Gasteiger charge is 2.39. The SMILES string of the molecule is Cn1c(=O)c2c(C(F)(F)F)cc([C@@H]3CCCN3C(=O)c3ccccn3)nc2n(C)c1=O. The van der Waals surface area contributed by atoms with Gasteiger partial charge in [0.1, 0.15) is 11.3 Å². The molecule has 0 N–H and O–H groups in total. The van der Waals surface area contributed by atoms with E-state index in [4.69, 9.17) is 0 Å². The zero-order valence-corrected chi connectivity index (χ0v) is 16.7. The average Bonchev–Trinajstić information content (AvgIpc) is 3.24. The van der Waals surface area contributed by atoms with Gasteiger partial charge in [0.15, 0.2) is 0 Å². The predicted molar refractivity (Wildman–Crippen MR) is 104 cm³/mol. The number of aromatic nitrogens is 4. The van der Waals surface area contributed by atoms with Gasteiger partial charge >= 0.3 is 11.9 Å². The molecule has 0 aliphatic carbocycles. The fraction of sp³-hybridized carbons (Fsp3) is 0.350. The van der Waals surface area contributed by atoms with Gasteiger partial charge in [-0.05, 0) is 31.0 Å². The van der Waals surface area contributed by atoms with E-state index in [-0.39, 0.29) is 17.0 Å². The van der Waals surface area contributed by atoms with E-state index in [0.717, 1.165) is 17.7 Å². The number of likely N-dealkylation sites (tertiary alicyclic amines) is 1.